The molecule has 0 aliphatic heterocycles. The van der Waals surface area contributed by atoms with E-state index in [0.29, 0.717) is 19.3 Å². The van der Waals surface area contributed by atoms with E-state index in [1.807, 2.05) is 6.08 Å². The van der Waals surface area contributed by atoms with Crippen LogP contribution in [0.3, 0.4) is 0 Å². The van der Waals surface area contributed by atoms with Crippen LogP contribution in [0.15, 0.2) is 97.2 Å². The van der Waals surface area contributed by atoms with Crippen LogP contribution in [0.1, 0.15) is 323 Å². The van der Waals surface area contributed by atoms with Crippen LogP contribution in [0.25, 0.3) is 0 Å². The van der Waals surface area contributed by atoms with Crippen LogP contribution >= 0.6 is 0 Å². The number of ether oxygens (including phenoxy) is 3. The highest BCUT2D eigenvalue weighted by Gasteiger charge is 2.19. The highest BCUT2D eigenvalue weighted by molar-refractivity contribution is 5.71. The summed E-state index contributed by atoms with van der Waals surface area (Å²) in [6, 6.07) is 0. The Bertz CT molecular complexity index is 1530. The highest BCUT2D eigenvalue weighted by atomic mass is 16.6. The summed E-state index contributed by atoms with van der Waals surface area (Å²) in [4.78, 5) is 38.4. The van der Waals surface area contributed by atoms with Crippen LogP contribution < -0.4 is 0 Å². The molecule has 0 fully saturated rings. The van der Waals surface area contributed by atoms with Crippen LogP contribution in [-0.2, 0) is 28.6 Å². The second kappa shape index (κ2) is 65.8. The van der Waals surface area contributed by atoms with E-state index in [-0.39, 0.29) is 37.5 Å². The Kier molecular flexibility index (Phi) is 62.7. The van der Waals surface area contributed by atoms with E-state index in [0.717, 1.165) is 83.5 Å². The summed E-state index contributed by atoms with van der Waals surface area (Å²) >= 11 is 0. The Morgan fingerprint density at radius 1 is 0.269 bits per heavy atom. The molecule has 0 rings (SSSR count). The Labute approximate surface area is 483 Å². The van der Waals surface area contributed by atoms with E-state index < -0.39 is 6.10 Å². The molecule has 0 amide bonds. The van der Waals surface area contributed by atoms with Gasteiger partial charge in [0.1, 0.15) is 13.2 Å². The fourth-order valence-corrected chi connectivity index (χ4v) is 9.38. The molecular weight excluding hydrogens is 961 g/mol. The summed E-state index contributed by atoms with van der Waals surface area (Å²) in [6.07, 6.45) is 88.6. The molecule has 0 saturated heterocycles. The summed E-state index contributed by atoms with van der Waals surface area (Å²) in [6.45, 7) is 6.49. The first kappa shape index (κ1) is 74.3. The fourth-order valence-electron chi connectivity index (χ4n) is 9.38. The molecule has 6 nitrogen and oxygen atoms in total. The quantitative estimate of drug-likeness (QED) is 0.0261. The minimum Gasteiger partial charge on any atom is -0.462 e. The zero-order chi connectivity index (χ0) is 56.4. The van der Waals surface area contributed by atoms with Crippen molar-refractivity contribution < 1.29 is 28.6 Å². The third-order valence-electron chi connectivity index (χ3n) is 14.3. The maximum absolute atomic E-state index is 12.9. The highest BCUT2D eigenvalue weighted by Crippen LogP contribution is 2.17. The molecule has 0 aromatic carbocycles. The van der Waals surface area contributed by atoms with Crippen molar-refractivity contribution in [3.05, 3.63) is 97.2 Å². The Morgan fingerprint density at radius 3 is 0.833 bits per heavy atom. The fraction of sp³-hybridized carbons (Fsp3) is 0.736. The number of esters is 3. The van der Waals surface area contributed by atoms with Gasteiger partial charge in [-0.25, -0.2) is 0 Å². The number of hydrogen-bond donors (Lipinski definition) is 0. The van der Waals surface area contributed by atoms with Crippen molar-refractivity contribution in [3.8, 4) is 0 Å². The number of carbonyl (C=O) groups is 3. The molecule has 78 heavy (non-hydrogen) atoms. The lowest BCUT2D eigenvalue weighted by Gasteiger charge is -2.18. The largest absolute Gasteiger partial charge is 0.462 e. The minimum absolute atomic E-state index is 0.106. The maximum atomic E-state index is 12.9. The first-order valence-electron chi connectivity index (χ1n) is 33.2. The van der Waals surface area contributed by atoms with E-state index in [1.165, 1.54) is 193 Å². The smallest absolute Gasteiger partial charge is 0.306 e. The molecule has 0 radical (unpaired) electrons. The van der Waals surface area contributed by atoms with Gasteiger partial charge in [0.15, 0.2) is 6.10 Å². The topological polar surface area (TPSA) is 78.9 Å². The molecule has 0 aromatic heterocycles. The second-order valence-corrected chi connectivity index (χ2v) is 22.0. The second-order valence-electron chi connectivity index (χ2n) is 22.0. The van der Waals surface area contributed by atoms with Gasteiger partial charge in [0.2, 0.25) is 0 Å². The molecule has 1 unspecified atom stereocenters. The van der Waals surface area contributed by atoms with Crippen molar-refractivity contribution in [2.45, 2.75) is 329 Å². The van der Waals surface area contributed by atoms with Gasteiger partial charge < -0.3 is 14.2 Å². The number of allylic oxidation sites excluding steroid dienone is 16. The lowest BCUT2D eigenvalue weighted by atomic mass is 10.0. The average Bonchev–Trinajstić information content (AvgIpc) is 3.44. The SMILES string of the molecule is CC/C=C\C/C=C\C/C=C\C/C=C\C/C=C\C/C=C\CCC(=O)OC(COC(=O)CCCCCCCCCCCCC/C=C\C/C=C\CCCCCCC)COC(=O)CCCCCCCCCCCCCCCCCCCC. The van der Waals surface area contributed by atoms with Crippen LogP contribution in [-0.4, -0.2) is 37.2 Å². The van der Waals surface area contributed by atoms with E-state index in [9.17, 15) is 14.4 Å². The molecule has 1 atom stereocenters. The van der Waals surface area contributed by atoms with Gasteiger partial charge in [0.25, 0.3) is 0 Å². The van der Waals surface area contributed by atoms with Crippen molar-refractivity contribution >= 4 is 17.9 Å². The number of carbonyl (C=O) groups excluding carboxylic acids is 3. The van der Waals surface area contributed by atoms with Gasteiger partial charge in [-0.1, -0.05) is 311 Å². The minimum atomic E-state index is -0.820. The maximum Gasteiger partial charge on any atom is 0.306 e. The molecule has 0 spiro atoms. The predicted molar refractivity (Wildman–Crippen MR) is 339 cm³/mol. The third-order valence-corrected chi connectivity index (χ3v) is 14.3. The number of rotatable bonds is 60. The van der Waals surface area contributed by atoms with Crippen molar-refractivity contribution in [3.63, 3.8) is 0 Å². The normalized spacial score (nSPS) is 12.7. The molecule has 0 saturated carbocycles. The first-order valence-corrected chi connectivity index (χ1v) is 33.2. The molecule has 0 bridgehead atoms. The molecule has 0 aliphatic carbocycles. The van der Waals surface area contributed by atoms with Gasteiger partial charge >= 0.3 is 17.9 Å². The van der Waals surface area contributed by atoms with Gasteiger partial charge in [-0.3, -0.25) is 14.4 Å². The van der Waals surface area contributed by atoms with Crippen molar-refractivity contribution in [2.24, 2.45) is 0 Å². The molecule has 6 heteroatoms. The van der Waals surface area contributed by atoms with Gasteiger partial charge in [-0.05, 0) is 89.9 Å². The van der Waals surface area contributed by atoms with E-state index >= 15 is 0 Å². The monoisotopic (exact) mass is 1080 g/mol. The van der Waals surface area contributed by atoms with Gasteiger partial charge in [-0.15, -0.1) is 0 Å². The molecule has 0 aliphatic rings. The van der Waals surface area contributed by atoms with Gasteiger partial charge in [-0.2, -0.15) is 0 Å². The zero-order valence-corrected chi connectivity index (χ0v) is 51.4. The Morgan fingerprint density at radius 2 is 0.526 bits per heavy atom. The molecule has 0 N–H and O–H groups in total. The van der Waals surface area contributed by atoms with E-state index in [2.05, 4.69) is 112 Å². The van der Waals surface area contributed by atoms with Gasteiger partial charge in [0, 0.05) is 19.3 Å². The average molecular weight is 1090 g/mol. The van der Waals surface area contributed by atoms with Crippen LogP contribution in [0.2, 0.25) is 0 Å². The molecule has 0 heterocycles. The lowest BCUT2D eigenvalue weighted by Crippen LogP contribution is -2.30. The number of hydrogen-bond acceptors (Lipinski definition) is 6. The van der Waals surface area contributed by atoms with Crippen molar-refractivity contribution in [2.75, 3.05) is 13.2 Å². The summed E-state index contributed by atoms with van der Waals surface area (Å²) in [5.41, 5.74) is 0. The Balaban J connectivity index is 4.44. The Hall–Kier alpha value is -3.67. The van der Waals surface area contributed by atoms with Crippen molar-refractivity contribution in [1.82, 2.24) is 0 Å². The predicted octanol–water partition coefficient (Wildman–Crippen LogP) is 22.8. The van der Waals surface area contributed by atoms with Crippen LogP contribution in [0, 0.1) is 0 Å². The zero-order valence-electron chi connectivity index (χ0n) is 51.4. The summed E-state index contributed by atoms with van der Waals surface area (Å²) in [5.74, 6) is -0.979. The van der Waals surface area contributed by atoms with Crippen LogP contribution in [0.5, 0.6) is 0 Å². The van der Waals surface area contributed by atoms with Crippen LogP contribution in [0.4, 0.5) is 0 Å². The summed E-state index contributed by atoms with van der Waals surface area (Å²) in [7, 11) is 0. The standard InChI is InChI=1S/C72H124O6/c1-4-7-10-13-16-19-22-25-28-31-34-35-36-37-39-41-44-47-50-53-56-59-62-65-71(74)77-68-69(67-76-70(73)64-61-58-55-52-49-46-43-40-33-30-27-24-21-18-15-12-9-6-3)78-72(75)66-63-60-57-54-51-48-45-42-38-32-29-26-23-20-17-14-11-8-5-2/h8,11,17,20,22,25-26,29,31,34,38,42,48,51,57,60,69H,4-7,9-10,12-16,18-19,21,23-24,27-28,30,32-33,35-37,39-41,43-47,49-50,52-56,58-59,61-68H2,1-3H3/b11-8-,20-17-,25-22-,29-26-,34-31-,42-38-,51-48-,60-57-. The lowest BCUT2D eigenvalue weighted by molar-refractivity contribution is -0.166. The van der Waals surface area contributed by atoms with E-state index in [4.69, 9.17) is 14.2 Å². The number of unbranched alkanes of at least 4 members (excludes halogenated alkanes) is 33. The summed E-state index contributed by atoms with van der Waals surface area (Å²) in [5, 5.41) is 0. The molecule has 448 valence electrons. The van der Waals surface area contributed by atoms with Gasteiger partial charge in [0.05, 0.1) is 0 Å². The van der Waals surface area contributed by atoms with E-state index in [1.54, 1.807) is 0 Å². The molecular formula is C72H124O6. The third kappa shape index (κ3) is 63.2. The van der Waals surface area contributed by atoms with Crippen molar-refractivity contribution in [1.29, 1.82) is 0 Å². The summed E-state index contributed by atoms with van der Waals surface area (Å²) < 4.78 is 16.9. The molecule has 0 aromatic rings. The first-order chi connectivity index (χ1) is 38.5.